The van der Waals surface area contributed by atoms with Crippen LogP contribution in [0.5, 0.6) is 0 Å². The fourth-order valence-electron chi connectivity index (χ4n) is 8.60. The fourth-order valence-corrected chi connectivity index (χ4v) is 8.60. The smallest absolute Gasteiger partial charge is 0.334 e. The predicted molar refractivity (Wildman–Crippen MR) is 215 cm³/mol. The summed E-state index contributed by atoms with van der Waals surface area (Å²) in [6, 6.07) is 0. The molecule has 12 heteroatoms. The lowest BCUT2D eigenvalue weighted by Gasteiger charge is -2.29. The van der Waals surface area contributed by atoms with Crippen molar-refractivity contribution >= 4 is 29.8 Å². The largest absolute Gasteiger partial charge is 0.462 e. The molecular formula is C45H74O12. The quantitative estimate of drug-likeness (QED) is 0.0403. The Morgan fingerprint density at radius 3 is 1.56 bits per heavy atom. The average molecular weight is 807 g/mol. The van der Waals surface area contributed by atoms with Crippen molar-refractivity contribution < 1.29 is 57.1 Å². The normalized spacial score (nSPS) is 23.9. The van der Waals surface area contributed by atoms with Gasteiger partial charge in [0, 0.05) is 39.7 Å². The molecule has 0 aliphatic carbocycles. The molecule has 0 saturated carbocycles. The maximum absolute atomic E-state index is 12.2. The Balaban J connectivity index is 1.45. The van der Waals surface area contributed by atoms with Crippen LogP contribution in [0.15, 0.2) is 11.6 Å². The Hall–Kier alpha value is -2.99. The van der Waals surface area contributed by atoms with Crippen LogP contribution in [0.25, 0.3) is 0 Å². The van der Waals surface area contributed by atoms with Crippen LogP contribution in [-0.4, -0.2) is 84.8 Å². The van der Waals surface area contributed by atoms with E-state index in [0.29, 0.717) is 44.1 Å². The first-order valence-corrected chi connectivity index (χ1v) is 22.3. The Labute approximate surface area is 342 Å². The first kappa shape index (κ1) is 48.4. The Kier molecular flexibility index (Phi) is 22.8. The molecule has 0 aromatic heterocycles. The number of unbranched alkanes of at least 4 members (excludes halogenated alkanes) is 11. The van der Waals surface area contributed by atoms with Gasteiger partial charge in [-0.15, -0.1) is 0 Å². The van der Waals surface area contributed by atoms with Gasteiger partial charge in [-0.25, -0.2) is 4.79 Å². The maximum Gasteiger partial charge on any atom is 0.334 e. The molecule has 2 saturated heterocycles. The third kappa shape index (κ3) is 19.5. The van der Waals surface area contributed by atoms with E-state index in [9.17, 15) is 24.0 Å². The van der Waals surface area contributed by atoms with Crippen LogP contribution in [0, 0.1) is 0 Å². The van der Waals surface area contributed by atoms with Gasteiger partial charge in [-0.1, -0.05) is 77.6 Å². The third-order valence-corrected chi connectivity index (χ3v) is 11.3. The topological polar surface area (TPSA) is 150 Å². The summed E-state index contributed by atoms with van der Waals surface area (Å²) in [6.45, 7) is 9.65. The number of rotatable bonds is 29. The molecule has 3 heterocycles. The van der Waals surface area contributed by atoms with Crippen LogP contribution < -0.4 is 0 Å². The van der Waals surface area contributed by atoms with E-state index in [0.717, 1.165) is 57.8 Å². The molecule has 326 valence electrons. The zero-order valence-corrected chi connectivity index (χ0v) is 35.9. The summed E-state index contributed by atoms with van der Waals surface area (Å²) < 4.78 is 41.0. The maximum atomic E-state index is 12.2. The van der Waals surface area contributed by atoms with Gasteiger partial charge in [0.25, 0.3) is 0 Å². The SMILES string of the molecule is CCCCCCCCCCCC[C@H](OC(C)=O)[C@@H]1CC[C@@H]([C@H](CC[C@H](OC(C)=O)[C@@H]2CC[C@@H](CCCCCC(CC3=CC(C)OC3=O)OC(C)=O)O2)OC(C)=O)O1. The molecule has 0 aromatic carbocycles. The van der Waals surface area contributed by atoms with Crippen LogP contribution >= 0.6 is 0 Å². The number of carbonyl (C=O) groups excluding carboxylic acids is 5. The minimum Gasteiger partial charge on any atom is -0.462 e. The molecular weight excluding hydrogens is 732 g/mol. The highest BCUT2D eigenvalue weighted by Gasteiger charge is 2.40. The van der Waals surface area contributed by atoms with E-state index in [-0.39, 0.29) is 66.6 Å². The monoisotopic (exact) mass is 807 g/mol. The lowest BCUT2D eigenvalue weighted by atomic mass is 9.98. The minimum absolute atomic E-state index is 0.0363. The molecule has 3 aliphatic rings. The number of ether oxygens (including phenoxy) is 7. The molecule has 9 atom stereocenters. The van der Waals surface area contributed by atoms with E-state index in [1.54, 1.807) is 13.0 Å². The van der Waals surface area contributed by atoms with Gasteiger partial charge in [0.05, 0.1) is 24.4 Å². The summed E-state index contributed by atoms with van der Waals surface area (Å²) in [5, 5.41) is 0. The van der Waals surface area contributed by atoms with Crippen LogP contribution in [0.3, 0.4) is 0 Å². The first-order chi connectivity index (χ1) is 27.3. The van der Waals surface area contributed by atoms with E-state index in [1.165, 1.54) is 79.1 Å². The summed E-state index contributed by atoms with van der Waals surface area (Å²) >= 11 is 0. The van der Waals surface area contributed by atoms with Crippen molar-refractivity contribution in [2.24, 2.45) is 0 Å². The summed E-state index contributed by atoms with van der Waals surface area (Å²) in [6.07, 6.45) is 20.4. The van der Waals surface area contributed by atoms with E-state index in [2.05, 4.69) is 6.92 Å². The second-order valence-electron chi connectivity index (χ2n) is 16.5. The molecule has 2 unspecified atom stereocenters. The van der Waals surface area contributed by atoms with Crippen molar-refractivity contribution in [2.45, 2.75) is 244 Å². The van der Waals surface area contributed by atoms with Crippen molar-refractivity contribution in [1.82, 2.24) is 0 Å². The fraction of sp³-hybridized carbons (Fsp3) is 0.844. The standard InChI is InChI=1S/C45H74O12/c1-7-8-9-10-11-12-13-14-15-19-22-39(53-33(4)47)43-27-28-44(57-43)41(55-35(6)49)26-25-40(54-34(5)48)42-24-23-37(56-42)20-17-16-18-21-38(52-32(3)46)30-36-29-31(2)51-45(36)50/h29,31,37-44H,7-28,30H2,1-6H3/t31?,37-,38?,39+,40+,41+,42+,43+,44+/m1/s1. The minimum atomic E-state index is -0.534. The van der Waals surface area contributed by atoms with E-state index in [4.69, 9.17) is 33.2 Å². The zero-order valence-electron chi connectivity index (χ0n) is 35.9. The molecule has 57 heavy (non-hydrogen) atoms. The Morgan fingerprint density at radius 2 is 1.05 bits per heavy atom. The number of hydrogen-bond acceptors (Lipinski definition) is 12. The highest BCUT2D eigenvalue weighted by molar-refractivity contribution is 5.91. The van der Waals surface area contributed by atoms with Gasteiger partial charge < -0.3 is 33.2 Å². The molecule has 0 bridgehead atoms. The van der Waals surface area contributed by atoms with E-state index < -0.39 is 18.2 Å². The van der Waals surface area contributed by atoms with Crippen molar-refractivity contribution in [3.05, 3.63) is 11.6 Å². The van der Waals surface area contributed by atoms with Crippen LogP contribution in [-0.2, 0) is 57.1 Å². The summed E-state index contributed by atoms with van der Waals surface area (Å²) in [4.78, 5) is 60.3. The molecule has 2 fully saturated rings. The average Bonchev–Trinajstić information content (AvgIpc) is 3.89. The van der Waals surface area contributed by atoms with Crippen molar-refractivity contribution in [3.63, 3.8) is 0 Å². The predicted octanol–water partition coefficient (Wildman–Crippen LogP) is 9.11. The second-order valence-corrected chi connectivity index (χ2v) is 16.5. The molecule has 0 aromatic rings. The van der Waals surface area contributed by atoms with Gasteiger partial charge in [0.15, 0.2) is 0 Å². The molecule has 3 rings (SSSR count). The van der Waals surface area contributed by atoms with Crippen molar-refractivity contribution in [1.29, 1.82) is 0 Å². The summed E-state index contributed by atoms with van der Waals surface area (Å²) in [5.74, 6) is -1.82. The van der Waals surface area contributed by atoms with Gasteiger partial charge >= 0.3 is 29.8 Å². The van der Waals surface area contributed by atoms with E-state index in [1.807, 2.05) is 0 Å². The Morgan fingerprint density at radius 1 is 0.596 bits per heavy atom. The molecule has 12 nitrogen and oxygen atoms in total. The van der Waals surface area contributed by atoms with Crippen LogP contribution in [0.1, 0.15) is 189 Å². The number of cyclic esters (lactones) is 1. The molecule has 0 radical (unpaired) electrons. The first-order valence-electron chi connectivity index (χ1n) is 22.3. The van der Waals surface area contributed by atoms with Crippen LogP contribution in [0.2, 0.25) is 0 Å². The lowest BCUT2D eigenvalue weighted by Crippen LogP contribution is -2.37. The zero-order chi connectivity index (χ0) is 41.6. The highest BCUT2D eigenvalue weighted by atomic mass is 16.6. The third-order valence-electron chi connectivity index (χ3n) is 11.3. The van der Waals surface area contributed by atoms with Gasteiger partial charge in [-0.2, -0.15) is 0 Å². The lowest BCUT2D eigenvalue weighted by molar-refractivity contribution is -0.167. The molecule has 0 spiro atoms. The molecule has 0 N–H and O–H groups in total. The second kappa shape index (κ2) is 26.9. The van der Waals surface area contributed by atoms with Gasteiger partial charge in [-0.05, 0) is 83.6 Å². The van der Waals surface area contributed by atoms with Crippen molar-refractivity contribution in [2.75, 3.05) is 0 Å². The number of carbonyl (C=O) groups is 5. The molecule has 3 aliphatic heterocycles. The van der Waals surface area contributed by atoms with Crippen LogP contribution in [0.4, 0.5) is 0 Å². The van der Waals surface area contributed by atoms with Gasteiger partial charge in [0.2, 0.25) is 0 Å². The summed E-state index contributed by atoms with van der Waals surface area (Å²) in [5.41, 5.74) is 0.559. The van der Waals surface area contributed by atoms with Crippen molar-refractivity contribution in [3.8, 4) is 0 Å². The Bertz CT molecular complexity index is 1260. The number of esters is 5. The van der Waals surface area contributed by atoms with Gasteiger partial charge in [0.1, 0.15) is 30.5 Å². The van der Waals surface area contributed by atoms with E-state index >= 15 is 0 Å². The highest BCUT2D eigenvalue weighted by Crippen LogP contribution is 2.34. The molecule has 0 amide bonds. The van der Waals surface area contributed by atoms with Gasteiger partial charge in [-0.3, -0.25) is 19.2 Å². The summed E-state index contributed by atoms with van der Waals surface area (Å²) in [7, 11) is 0. The number of hydrogen-bond donors (Lipinski definition) is 0.